The van der Waals surface area contributed by atoms with Crippen molar-refractivity contribution in [3.05, 3.63) is 33.7 Å². The molecule has 1 aromatic rings. The fourth-order valence-electron chi connectivity index (χ4n) is 2.37. The standard InChI is InChI=1S/C16H26N2O/c1-11(2)10-18-15(12(3)4)8-5-13(16(18)19)9-17-14-6-7-14/h5,8,11-12,14,17H,6-7,9-10H2,1-4H3. The number of hydrogen-bond donors (Lipinski definition) is 1. The van der Waals surface area contributed by atoms with E-state index in [0.29, 0.717) is 24.4 Å². The SMILES string of the molecule is CC(C)Cn1c(C(C)C)ccc(CNC2CC2)c1=O. The van der Waals surface area contributed by atoms with Gasteiger partial charge < -0.3 is 9.88 Å². The first-order chi connectivity index (χ1) is 8.99. The van der Waals surface area contributed by atoms with Crippen LogP contribution in [0.25, 0.3) is 0 Å². The van der Waals surface area contributed by atoms with Gasteiger partial charge in [0.2, 0.25) is 0 Å². The first-order valence-corrected chi connectivity index (χ1v) is 7.45. The summed E-state index contributed by atoms with van der Waals surface area (Å²) in [4.78, 5) is 12.6. The molecule has 0 aromatic carbocycles. The first kappa shape index (κ1) is 14.3. The Kier molecular flexibility index (Phi) is 4.46. The smallest absolute Gasteiger partial charge is 0.255 e. The molecule has 1 aliphatic carbocycles. The third kappa shape index (κ3) is 3.69. The monoisotopic (exact) mass is 262 g/mol. The van der Waals surface area contributed by atoms with Crippen molar-refractivity contribution in [2.45, 2.75) is 65.6 Å². The van der Waals surface area contributed by atoms with Crippen molar-refractivity contribution >= 4 is 0 Å². The van der Waals surface area contributed by atoms with Gasteiger partial charge >= 0.3 is 0 Å². The maximum Gasteiger partial charge on any atom is 0.255 e. The van der Waals surface area contributed by atoms with Crippen LogP contribution in [0, 0.1) is 5.92 Å². The fourth-order valence-corrected chi connectivity index (χ4v) is 2.37. The molecule has 106 valence electrons. The summed E-state index contributed by atoms with van der Waals surface area (Å²) in [5.41, 5.74) is 2.24. The zero-order valence-electron chi connectivity index (χ0n) is 12.6. The third-order valence-electron chi connectivity index (χ3n) is 3.58. The van der Waals surface area contributed by atoms with Gasteiger partial charge in [-0.1, -0.05) is 33.8 Å². The molecular weight excluding hydrogens is 236 g/mol. The van der Waals surface area contributed by atoms with Crippen LogP contribution in [0.1, 0.15) is 57.7 Å². The van der Waals surface area contributed by atoms with Crippen LogP contribution in [-0.2, 0) is 13.1 Å². The highest BCUT2D eigenvalue weighted by molar-refractivity contribution is 5.19. The number of aromatic nitrogens is 1. The van der Waals surface area contributed by atoms with E-state index >= 15 is 0 Å². The molecule has 1 aromatic heterocycles. The minimum atomic E-state index is 0.188. The molecule has 3 heteroatoms. The van der Waals surface area contributed by atoms with Crippen molar-refractivity contribution in [2.75, 3.05) is 0 Å². The molecule has 2 rings (SSSR count). The second kappa shape index (κ2) is 5.91. The summed E-state index contributed by atoms with van der Waals surface area (Å²) in [6.07, 6.45) is 2.51. The summed E-state index contributed by atoms with van der Waals surface area (Å²) >= 11 is 0. The van der Waals surface area contributed by atoms with E-state index in [-0.39, 0.29) is 5.56 Å². The van der Waals surface area contributed by atoms with Crippen LogP contribution in [0.4, 0.5) is 0 Å². The number of hydrogen-bond acceptors (Lipinski definition) is 2. The minimum absolute atomic E-state index is 0.188. The van der Waals surface area contributed by atoms with Gasteiger partial charge in [-0.3, -0.25) is 4.79 Å². The molecule has 0 radical (unpaired) electrons. The number of pyridine rings is 1. The van der Waals surface area contributed by atoms with Crippen LogP contribution in [0.15, 0.2) is 16.9 Å². The molecule has 3 nitrogen and oxygen atoms in total. The van der Waals surface area contributed by atoms with E-state index < -0.39 is 0 Å². The van der Waals surface area contributed by atoms with Gasteiger partial charge in [0, 0.05) is 30.4 Å². The lowest BCUT2D eigenvalue weighted by Gasteiger charge is -2.19. The highest BCUT2D eigenvalue weighted by atomic mass is 16.1. The fraction of sp³-hybridized carbons (Fsp3) is 0.688. The van der Waals surface area contributed by atoms with E-state index in [0.717, 1.165) is 17.8 Å². The topological polar surface area (TPSA) is 34.0 Å². The van der Waals surface area contributed by atoms with E-state index in [9.17, 15) is 4.79 Å². The maximum absolute atomic E-state index is 12.6. The molecule has 0 aliphatic heterocycles. The number of nitrogens with zero attached hydrogens (tertiary/aromatic N) is 1. The zero-order chi connectivity index (χ0) is 14.0. The van der Waals surface area contributed by atoms with Crippen LogP contribution in [0.2, 0.25) is 0 Å². The van der Waals surface area contributed by atoms with Gasteiger partial charge in [0.1, 0.15) is 0 Å². The second-order valence-electron chi connectivity index (χ2n) is 6.40. The summed E-state index contributed by atoms with van der Waals surface area (Å²) in [5, 5.41) is 3.43. The quantitative estimate of drug-likeness (QED) is 0.855. The molecule has 19 heavy (non-hydrogen) atoms. The first-order valence-electron chi connectivity index (χ1n) is 7.45. The van der Waals surface area contributed by atoms with Crippen molar-refractivity contribution in [2.24, 2.45) is 5.92 Å². The lowest BCUT2D eigenvalue weighted by molar-refractivity contribution is 0.483. The summed E-state index contributed by atoms with van der Waals surface area (Å²) in [5.74, 6) is 0.874. The summed E-state index contributed by atoms with van der Waals surface area (Å²) in [6.45, 7) is 10.1. The van der Waals surface area contributed by atoms with Crippen molar-refractivity contribution in [3.63, 3.8) is 0 Å². The lowest BCUT2D eigenvalue weighted by Crippen LogP contribution is -2.31. The van der Waals surface area contributed by atoms with Crippen molar-refractivity contribution in [3.8, 4) is 0 Å². The van der Waals surface area contributed by atoms with E-state index in [1.165, 1.54) is 12.8 Å². The highest BCUT2D eigenvalue weighted by Gasteiger charge is 2.21. The molecular formula is C16H26N2O. The van der Waals surface area contributed by atoms with Gasteiger partial charge in [0.05, 0.1) is 0 Å². The maximum atomic E-state index is 12.6. The normalized spacial score (nSPS) is 15.5. The number of rotatable bonds is 6. The van der Waals surface area contributed by atoms with Crippen LogP contribution < -0.4 is 10.9 Å². The molecule has 0 amide bonds. The zero-order valence-corrected chi connectivity index (χ0v) is 12.6. The Labute approximate surface area is 116 Å². The molecule has 1 saturated carbocycles. The molecule has 0 spiro atoms. The summed E-state index contributed by atoms with van der Waals surface area (Å²) < 4.78 is 1.97. The Balaban J connectivity index is 2.27. The third-order valence-corrected chi connectivity index (χ3v) is 3.58. The second-order valence-corrected chi connectivity index (χ2v) is 6.40. The Hall–Kier alpha value is -1.09. The molecule has 0 unspecified atom stereocenters. The average molecular weight is 262 g/mol. The Morgan fingerprint density at radius 2 is 1.95 bits per heavy atom. The largest absolute Gasteiger partial charge is 0.312 e. The van der Waals surface area contributed by atoms with Crippen molar-refractivity contribution < 1.29 is 0 Å². The molecule has 1 fully saturated rings. The molecule has 1 N–H and O–H groups in total. The van der Waals surface area contributed by atoms with Crippen LogP contribution >= 0.6 is 0 Å². The van der Waals surface area contributed by atoms with E-state index in [2.05, 4.69) is 39.1 Å². The van der Waals surface area contributed by atoms with Crippen molar-refractivity contribution in [1.29, 1.82) is 0 Å². The predicted molar refractivity (Wildman–Crippen MR) is 79.5 cm³/mol. The van der Waals surface area contributed by atoms with Gasteiger partial charge in [-0.05, 0) is 30.7 Å². The van der Waals surface area contributed by atoms with Crippen LogP contribution in [0.3, 0.4) is 0 Å². The molecule has 0 atom stereocenters. The van der Waals surface area contributed by atoms with Crippen LogP contribution in [0.5, 0.6) is 0 Å². The lowest BCUT2D eigenvalue weighted by atomic mass is 10.1. The van der Waals surface area contributed by atoms with E-state index in [4.69, 9.17) is 0 Å². The molecule has 1 heterocycles. The Bertz CT molecular complexity index is 484. The van der Waals surface area contributed by atoms with Crippen molar-refractivity contribution in [1.82, 2.24) is 9.88 Å². The minimum Gasteiger partial charge on any atom is -0.312 e. The van der Waals surface area contributed by atoms with Gasteiger partial charge in [-0.25, -0.2) is 0 Å². The summed E-state index contributed by atoms with van der Waals surface area (Å²) in [6, 6.07) is 4.77. The Morgan fingerprint density at radius 1 is 1.26 bits per heavy atom. The predicted octanol–water partition coefficient (Wildman–Crippen LogP) is 2.88. The average Bonchev–Trinajstić information content (AvgIpc) is 3.13. The Morgan fingerprint density at radius 3 is 2.47 bits per heavy atom. The molecule has 1 aliphatic rings. The van der Waals surface area contributed by atoms with E-state index in [1.54, 1.807) is 0 Å². The molecule has 0 bridgehead atoms. The number of nitrogens with one attached hydrogen (secondary N) is 1. The van der Waals surface area contributed by atoms with Crippen LogP contribution in [-0.4, -0.2) is 10.6 Å². The van der Waals surface area contributed by atoms with Gasteiger partial charge in [0.25, 0.3) is 5.56 Å². The molecule has 0 saturated heterocycles. The van der Waals surface area contributed by atoms with E-state index in [1.807, 2.05) is 10.6 Å². The highest BCUT2D eigenvalue weighted by Crippen LogP contribution is 2.19. The van der Waals surface area contributed by atoms with Gasteiger partial charge in [-0.15, -0.1) is 0 Å². The van der Waals surface area contributed by atoms with Gasteiger partial charge in [0.15, 0.2) is 0 Å². The van der Waals surface area contributed by atoms with Gasteiger partial charge in [-0.2, -0.15) is 0 Å². The summed E-state index contributed by atoms with van der Waals surface area (Å²) in [7, 11) is 0.